The van der Waals surface area contributed by atoms with E-state index in [0.717, 1.165) is 0 Å². The van der Waals surface area contributed by atoms with E-state index in [9.17, 15) is 8.78 Å². The Morgan fingerprint density at radius 3 is 2.64 bits per heavy atom. The molecule has 2 nitrogen and oxygen atoms in total. The lowest BCUT2D eigenvalue weighted by molar-refractivity contribution is -0.0498. The van der Waals surface area contributed by atoms with Crippen molar-refractivity contribution >= 4 is 11.3 Å². The maximum atomic E-state index is 11.9. The van der Waals surface area contributed by atoms with Gasteiger partial charge in [0.05, 0.1) is 0 Å². The Bertz CT molecular complexity index is 350. The first-order valence-electron chi connectivity index (χ1n) is 4.01. The summed E-state index contributed by atoms with van der Waals surface area (Å²) in [5, 5.41) is 0. The fourth-order valence-corrected chi connectivity index (χ4v) is 1.08. The van der Waals surface area contributed by atoms with Crippen LogP contribution in [0.15, 0.2) is 24.8 Å². The molecule has 2 N–H and O–H groups in total. The number of halogens is 2. The molecule has 0 aliphatic rings. The average Bonchev–Trinajstić information content (AvgIpc) is 2.07. The van der Waals surface area contributed by atoms with Crippen LogP contribution in [0.5, 0.6) is 5.75 Å². The van der Waals surface area contributed by atoms with Crippen LogP contribution in [0.1, 0.15) is 12.5 Å². The highest BCUT2D eigenvalue weighted by atomic mass is 19.3. The van der Waals surface area contributed by atoms with Crippen molar-refractivity contribution in [2.45, 2.75) is 13.5 Å². The summed E-state index contributed by atoms with van der Waals surface area (Å²) in [7, 11) is 0. The lowest BCUT2D eigenvalue weighted by atomic mass is 10.1. The van der Waals surface area contributed by atoms with Gasteiger partial charge in [0.2, 0.25) is 0 Å². The van der Waals surface area contributed by atoms with Gasteiger partial charge in [-0.3, -0.25) is 0 Å². The molecule has 0 aliphatic heterocycles. The number of nitrogen functional groups attached to an aromatic ring is 1. The number of hydrogen-bond acceptors (Lipinski definition) is 2. The van der Waals surface area contributed by atoms with Crippen LogP contribution in [0, 0.1) is 0 Å². The van der Waals surface area contributed by atoms with E-state index in [4.69, 9.17) is 5.73 Å². The Balaban J connectivity index is 3.00. The van der Waals surface area contributed by atoms with Gasteiger partial charge in [0.1, 0.15) is 5.75 Å². The van der Waals surface area contributed by atoms with E-state index in [-0.39, 0.29) is 5.75 Å². The monoisotopic (exact) mass is 199 g/mol. The molecule has 14 heavy (non-hydrogen) atoms. The van der Waals surface area contributed by atoms with Crippen molar-refractivity contribution in [2.24, 2.45) is 0 Å². The van der Waals surface area contributed by atoms with E-state index < -0.39 is 6.61 Å². The van der Waals surface area contributed by atoms with Gasteiger partial charge in [0.25, 0.3) is 0 Å². The maximum Gasteiger partial charge on any atom is 0.387 e. The predicted molar refractivity (Wildman–Crippen MR) is 52.2 cm³/mol. The number of hydrogen-bond donors (Lipinski definition) is 1. The third-order valence-corrected chi connectivity index (χ3v) is 1.71. The van der Waals surface area contributed by atoms with Crippen LogP contribution in [0.25, 0.3) is 5.57 Å². The topological polar surface area (TPSA) is 35.2 Å². The molecule has 0 bridgehead atoms. The van der Waals surface area contributed by atoms with Crippen molar-refractivity contribution in [2.75, 3.05) is 5.73 Å². The minimum absolute atomic E-state index is 0.0900. The Morgan fingerprint density at radius 1 is 1.50 bits per heavy atom. The molecule has 1 aromatic rings. The van der Waals surface area contributed by atoms with Crippen LogP contribution >= 0.6 is 0 Å². The lowest BCUT2D eigenvalue weighted by Gasteiger charge is -2.09. The third-order valence-electron chi connectivity index (χ3n) is 1.71. The quantitative estimate of drug-likeness (QED) is 0.759. The zero-order chi connectivity index (χ0) is 10.7. The summed E-state index contributed by atoms with van der Waals surface area (Å²) in [5.74, 6) is 0.0900. The van der Waals surface area contributed by atoms with Crippen molar-refractivity contribution in [3.8, 4) is 5.75 Å². The first-order chi connectivity index (χ1) is 6.50. The average molecular weight is 199 g/mol. The fourth-order valence-electron chi connectivity index (χ4n) is 1.08. The number of ether oxygens (including phenoxy) is 1. The molecule has 0 atom stereocenters. The van der Waals surface area contributed by atoms with Gasteiger partial charge in [-0.05, 0) is 30.7 Å². The second kappa shape index (κ2) is 4.09. The fraction of sp³-hybridized carbons (Fsp3) is 0.200. The molecule has 0 unspecified atom stereocenters. The summed E-state index contributed by atoms with van der Waals surface area (Å²) in [6, 6.07) is 4.36. The van der Waals surface area contributed by atoms with Crippen LogP contribution in [-0.4, -0.2) is 6.61 Å². The highest BCUT2D eigenvalue weighted by molar-refractivity contribution is 5.73. The van der Waals surface area contributed by atoms with E-state index in [2.05, 4.69) is 11.3 Å². The first kappa shape index (κ1) is 10.5. The third kappa shape index (κ3) is 2.45. The largest absolute Gasteiger partial charge is 0.435 e. The molecular formula is C10H11F2NO. The van der Waals surface area contributed by atoms with Crippen LogP contribution in [0.2, 0.25) is 0 Å². The number of benzene rings is 1. The van der Waals surface area contributed by atoms with Crippen LogP contribution in [0.3, 0.4) is 0 Å². The van der Waals surface area contributed by atoms with E-state index >= 15 is 0 Å². The first-order valence-corrected chi connectivity index (χ1v) is 4.01. The van der Waals surface area contributed by atoms with Gasteiger partial charge < -0.3 is 10.5 Å². The molecule has 0 saturated carbocycles. The SMILES string of the molecule is C=C(C)c1cc(OC(F)F)ccc1N. The van der Waals surface area contributed by atoms with E-state index in [1.54, 1.807) is 6.92 Å². The van der Waals surface area contributed by atoms with Crippen LogP contribution < -0.4 is 10.5 Å². The highest BCUT2D eigenvalue weighted by Gasteiger charge is 2.07. The zero-order valence-corrected chi connectivity index (χ0v) is 7.76. The van der Waals surface area contributed by atoms with Crippen molar-refractivity contribution in [1.82, 2.24) is 0 Å². The normalized spacial score (nSPS) is 10.3. The highest BCUT2D eigenvalue weighted by Crippen LogP contribution is 2.25. The van der Waals surface area contributed by atoms with Gasteiger partial charge in [-0.1, -0.05) is 6.58 Å². The van der Waals surface area contributed by atoms with E-state index in [1.165, 1.54) is 18.2 Å². The van der Waals surface area contributed by atoms with Crippen molar-refractivity contribution in [3.63, 3.8) is 0 Å². The molecule has 0 fully saturated rings. The number of allylic oxidation sites excluding steroid dienone is 1. The van der Waals surface area contributed by atoms with Gasteiger partial charge in [0.15, 0.2) is 0 Å². The summed E-state index contributed by atoms with van der Waals surface area (Å²) < 4.78 is 28.0. The molecule has 0 aromatic heterocycles. The summed E-state index contributed by atoms with van der Waals surface area (Å²) >= 11 is 0. The minimum atomic E-state index is -2.82. The van der Waals surface area contributed by atoms with Crippen molar-refractivity contribution < 1.29 is 13.5 Å². The molecule has 0 aliphatic carbocycles. The van der Waals surface area contributed by atoms with E-state index in [0.29, 0.717) is 16.8 Å². The van der Waals surface area contributed by atoms with Crippen LogP contribution in [0.4, 0.5) is 14.5 Å². The second-order valence-electron chi connectivity index (χ2n) is 2.91. The van der Waals surface area contributed by atoms with Gasteiger partial charge >= 0.3 is 6.61 Å². The van der Waals surface area contributed by atoms with Crippen molar-refractivity contribution in [3.05, 3.63) is 30.3 Å². The Morgan fingerprint density at radius 2 is 2.14 bits per heavy atom. The number of anilines is 1. The Kier molecular flexibility index (Phi) is 3.06. The van der Waals surface area contributed by atoms with Gasteiger partial charge in [-0.2, -0.15) is 8.78 Å². The summed E-state index contributed by atoms with van der Waals surface area (Å²) in [5.41, 5.74) is 7.45. The smallest absolute Gasteiger partial charge is 0.387 e. The Labute approximate surface area is 81.0 Å². The molecular weight excluding hydrogens is 188 g/mol. The van der Waals surface area contributed by atoms with Gasteiger partial charge in [0, 0.05) is 11.3 Å². The van der Waals surface area contributed by atoms with Gasteiger partial charge in [-0.15, -0.1) is 0 Å². The number of alkyl halides is 2. The summed E-state index contributed by atoms with van der Waals surface area (Å²) in [6.07, 6.45) is 0. The summed E-state index contributed by atoms with van der Waals surface area (Å²) in [6.45, 7) is 2.61. The Hall–Kier alpha value is -1.58. The molecule has 0 radical (unpaired) electrons. The van der Waals surface area contributed by atoms with Crippen molar-refractivity contribution in [1.29, 1.82) is 0 Å². The standard InChI is InChI=1S/C10H11F2NO/c1-6(2)8-5-7(14-10(11)12)3-4-9(8)13/h3-5,10H,1,13H2,2H3. The zero-order valence-electron chi connectivity index (χ0n) is 7.76. The van der Waals surface area contributed by atoms with E-state index in [1.807, 2.05) is 0 Å². The molecule has 0 spiro atoms. The molecule has 1 rings (SSSR count). The molecule has 0 amide bonds. The summed E-state index contributed by atoms with van der Waals surface area (Å²) in [4.78, 5) is 0. The number of rotatable bonds is 3. The lowest BCUT2D eigenvalue weighted by Crippen LogP contribution is -2.02. The molecule has 76 valence electrons. The molecule has 4 heteroatoms. The maximum absolute atomic E-state index is 11.9. The predicted octanol–water partition coefficient (Wildman–Crippen LogP) is 2.90. The molecule has 0 heterocycles. The minimum Gasteiger partial charge on any atom is -0.435 e. The van der Waals surface area contributed by atoms with Gasteiger partial charge in [-0.25, -0.2) is 0 Å². The molecule has 0 saturated heterocycles. The second-order valence-corrected chi connectivity index (χ2v) is 2.91. The van der Waals surface area contributed by atoms with Crippen LogP contribution in [-0.2, 0) is 0 Å². The molecule has 1 aromatic carbocycles. The number of nitrogens with two attached hydrogens (primary N) is 1.